The summed E-state index contributed by atoms with van der Waals surface area (Å²) < 4.78 is 8.59. The molecule has 0 unspecified atom stereocenters. The van der Waals surface area contributed by atoms with Crippen LogP contribution in [0.4, 0.5) is 0 Å². The summed E-state index contributed by atoms with van der Waals surface area (Å²) in [5.41, 5.74) is 9.76. The zero-order valence-corrected chi connectivity index (χ0v) is 28.9. The van der Waals surface area contributed by atoms with Crippen molar-refractivity contribution in [2.75, 3.05) is 0 Å². The van der Waals surface area contributed by atoms with Gasteiger partial charge in [0.25, 0.3) is 0 Å². The lowest BCUT2D eigenvalue weighted by Gasteiger charge is -2.15. The fourth-order valence-corrected chi connectivity index (χ4v) is 7.84. The predicted molar refractivity (Wildman–Crippen MR) is 218 cm³/mol. The lowest BCUT2D eigenvalue weighted by Crippen LogP contribution is -2.03. The molecule has 11 aromatic rings. The number of pyridine rings is 1. The van der Waals surface area contributed by atoms with Gasteiger partial charge in [0, 0.05) is 50.6 Å². The maximum atomic E-state index is 6.27. The second kappa shape index (κ2) is 12.1. The van der Waals surface area contributed by atoms with E-state index >= 15 is 0 Å². The molecule has 6 nitrogen and oxygen atoms in total. The summed E-state index contributed by atoms with van der Waals surface area (Å²) in [4.78, 5) is 20.2. The Morgan fingerprint density at radius 1 is 0.426 bits per heavy atom. The lowest BCUT2D eigenvalue weighted by atomic mass is 10.00. The van der Waals surface area contributed by atoms with Gasteiger partial charge < -0.3 is 8.98 Å². The second-order valence-corrected chi connectivity index (χ2v) is 13.5. The van der Waals surface area contributed by atoms with Crippen molar-refractivity contribution >= 4 is 54.5 Å². The van der Waals surface area contributed by atoms with Gasteiger partial charge in [-0.25, -0.2) is 15.0 Å². The number of hydrogen-bond donors (Lipinski definition) is 0. The average Bonchev–Trinajstić information content (AvgIpc) is 3.79. The predicted octanol–water partition coefficient (Wildman–Crippen LogP) is 12.1. The quantitative estimate of drug-likeness (QED) is 0.180. The van der Waals surface area contributed by atoms with Gasteiger partial charge in [0.2, 0.25) is 0 Å². The summed E-state index contributed by atoms with van der Waals surface area (Å²) in [6.45, 7) is 0. The van der Waals surface area contributed by atoms with E-state index in [1.807, 2.05) is 36.5 Å². The molecule has 4 heterocycles. The summed E-state index contributed by atoms with van der Waals surface area (Å²) in [5.74, 6) is 1.72. The molecule has 0 saturated heterocycles. The van der Waals surface area contributed by atoms with Crippen molar-refractivity contribution in [2.24, 2.45) is 0 Å². The molecule has 0 amide bonds. The summed E-state index contributed by atoms with van der Waals surface area (Å²) in [5, 5.41) is 6.48. The van der Waals surface area contributed by atoms with Crippen molar-refractivity contribution < 1.29 is 4.42 Å². The van der Waals surface area contributed by atoms with Crippen molar-refractivity contribution in [1.82, 2.24) is 24.5 Å². The largest absolute Gasteiger partial charge is 0.456 e. The number of benzene rings is 7. The van der Waals surface area contributed by atoms with Gasteiger partial charge >= 0.3 is 0 Å². The number of hydrogen-bond acceptors (Lipinski definition) is 5. The molecule has 0 fully saturated rings. The Bertz CT molecular complexity index is 3180. The Balaban J connectivity index is 1.15. The number of nitrogens with zero attached hydrogens (tertiary/aromatic N) is 5. The highest BCUT2D eigenvalue weighted by atomic mass is 16.3. The van der Waals surface area contributed by atoms with Crippen LogP contribution in [0.25, 0.3) is 105 Å². The van der Waals surface area contributed by atoms with Crippen LogP contribution in [-0.2, 0) is 0 Å². The Morgan fingerprint density at radius 2 is 1.06 bits per heavy atom. The van der Waals surface area contributed by atoms with Gasteiger partial charge in [0.1, 0.15) is 11.2 Å². The van der Waals surface area contributed by atoms with Crippen LogP contribution >= 0.6 is 0 Å². The molecule has 0 aliphatic heterocycles. The van der Waals surface area contributed by atoms with E-state index in [9.17, 15) is 0 Å². The third-order valence-corrected chi connectivity index (χ3v) is 10.3. The first-order valence-electron chi connectivity index (χ1n) is 18.0. The number of furan rings is 1. The van der Waals surface area contributed by atoms with Crippen LogP contribution < -0.4 is 0 Å². The van der Waals surface area contributed by atoms with Gasteiger partial charge in [-0.3, -0.25) is 4.98 Å². The molecule has 4 aromatic heterocycles. The number of para-hydroxylation sites is 3. The third kappa shape index (κ3) is 4.81. The SMILES string of the molecule is c1ccc(-c2ccc3cc(-c4nc(-c5ccccc5-n5c6ccccc6c6ccccc65)nc(-c5cccc6oc7ccncc7c56)n4)ccc3c2)cc1. The molecule has 0 bridgehead atoms. The van der Waals surface area contributed by atoms with Crippen LogP contribution in [0.5, 0.6) is 0 Å². The molecule has 54 heavy (non-hydrogen) atoms. The average molecular weight is 692 g/mol. The number of rotatable bonds is 5. The van der Waals surface area contributed by atoms with Crippen LogP contribution in [0.2, 0.25) is 0 Å². The van der Waals surface area contributed by atoms with Crippen molar-refractivity contribution in [3.05, 3.63) is 176 Å². The molecule has 0 radical (unpaired) electrons. The van der Waals surface area contributed by atoms with E-state index in [0.29, 0.717) is 17.5 Å². The fourth-order valence-electron chi connectivity index (χ4n) is 7.84. The first-order chi connectivity index (χ1) is 26.8. The minimum Gasteiger partial charge on any atom is -0.456 e. The summed E-state index contributed by atoms with van der Waals surface area (Å²) in [6, 6.07) is 56.8. The lowest BCUT2D eigenvalue weighted by molar-refractivity contribution is 0.668. The summed E-state index contributed by atoms with van der Waals surface area (Å²) >= 11 is 0. The molecule has 0 spiro atoms. The molecule has 0 aliphatic rings. The highest BCUT2D eigenvalue weighted by Crippen LogP contribution is 2.39. The molecule has 0 saturated carbocycles. The molecular weight excluding hydrogens is 663 g/mol. The summed E-state index contributed by atoms with van der Waals surface area (Å²) in [6.07, 6.45) is 3.59. The van der Waals surface area contributed by atoms with Crippen LogP contribution in [0.3, 0.4) is 0 Å². The fraction of sp³-hybridized carbons (Fsp3) is 0. The van der Waals surface area contributed by atoms with Crippen molar-refractivity contribution in [1.29, 1.82) is 0 Å². The van der Waals surface area contributed by atoms with E-state index in [-0.39, 0.29) is 0 Å². The monoisotopic (exact) mass is 691 g/mol. The molecule has 0 atom stereocenters. The minimum atomic E-state index is 0.559. The third-order valence-electron chi connectivity index (χ3n) is 10.3. The highest BCUT2D eigenvalue weighted by molar-refractivity contribution is 6.12. The van der Waals surface area contributed by atoms with Crippen LogP contribution in [0.1, 0.15) is 0 Å². The second-order valence-electron chi connectivity index (χ2n) is 13.5. The van der Waals surface area contributed by atoms with Crippen LogP contribution in [-0.4, -0.2) is 24.5 Å². The van der Waals surface area contributed by atoms with Crippen molar-refractivity contribution in [3.63, 3.8) is 0 Å². The van der Waals surface area contributed by atoms with E-state index in [0.717, 1.165) is 66.1 Å². The smallest absolute Gasteiger partial charge is 0.166 e. The number of fused-ring (bicyclic) bond motifs is 7. The summed E-state index contributed by atoms with van der Waals surface area (Å²) in [7, 11) is 0. The van der Waals surface area contributed by atoms with Crippen LogP contribution in [0.15, 0.2) is 181 Å². The van der Waals surface area contributed by atoms with Gasteiger partial charge in [-0.15, -0.1) is 0 Å². The minimum absolute atomic E-state index is 0.559. The van der Waals surface area contributed by atoms with Crippen LogP contribution in [0, 0.1) is 0 Å². The topological polar surface area (TPSA) is 69.6 Å². The molecule has 252 valence electrons. The molecule has 0 N–H and O–H groups in total. The zero-order valence-electron chi connectivity index (χ0n) is 28.9. The van der Waals surface area contributed by atoms with Gasteiger partial charge in [-0.2, -0.15) is 0 Å². The Hall–Kier alpha value is -7.44. The Kier molecular flexibility index (Phi) is 6.75. The molecule has 11 rings (SSSR count). The Labute approximate surface area is 309 Å². The number of aromatic nitrogens is 5. The normalized spacial score (nSPS) is 11.7. The maximum Gasteiger partial charge on any atom is 0.166 e. The molecule has 6 heteroatoms. The van der Waals surface area contributed by atoms with Crippen molar-refractivity contribution in [3.8, 4) is 51.0 Å². The Morgan fingerprint density at radius 3 is 1.85 bits per heavy atom. The van der Waals surface area contributed by atoms with E-state index in [1.165, 1.54) is 21.9 Å². The van der Waals surface area contributed by atoms with Gasteiger partial charge in [-0.1, -0.05) is 115 Å². The first-order valence-corrected chi connectivity index (χ1v) is 18.0. The highest BCUT2D eigenvalue weighted by Gasteiger charge is 2.21. The van der Waals surface area contributed by atoms with Gasteiger partial charge in [0.15, 0.2) is 17.5 Å². The van der Waals surface area contributed by atoms with Gasteiger partial charge in [-0.05, 0) is 70.4 Å². The first kappa shape index (κ1) is 30.2. The van der Waals surface area contributed by atoms with Crippen molar-refractivity contribution in [2.45, 2.75) is 0 Å². The molecular formula is C48H29N5O. The molecule has 0 aliphatic carbocycles. The zero-order chi connectivity index (χ0) is 35.6. The van der Waals surface area contributed by atoms with E-state index in [1.54, 1.807) is 6.20 Å². The van der Waals surface area contributed by atoms with E-state index in [4.69, 9.17) is 19.4 Å². The standard InChI is InChI=1S/C48H29N5O/c1-2-11-30(12-3-1)31-21-22-33-28-34(24-23-32(33)27-31)46-50-47(52-48(51-46)38-16-10-20-44-45(38)39-29-49-26-25-43(39)54-44)37-15-6-9-19-42(37)53-40-17-7-4-13-35(40)36-14-5-8-18-41(36)53/h1-29H. The molecule has 7 aromatic carbocycles. The van der Waals surface area contributed by atoms with E-state index in [2.05, 4.69) is 143 Å². The van der Waals surface area contributed by atoms with Gasteiger partial charge in [0.05, 0.1) is 16.7 Å². The maximum absolute atomic E-state index is 6.27. The van der Waals surface area contributed by atoms with E-state index < -0.39 is 0 Å².